The van der Waals surface area contributed by atoms with Gasteiger partial charge in [-0.2, -0.15) is 5.26 Å². The van der Waals surface area contributed by atoms with E-state index in [0.717, 1.165) is 28.8 Å². The Balaban J connectivity index is 2.34. The fourth-order valence-electron chi connectivity index (χ4n) is 1.61. The van der Waals surface area contributed by atoms with Crippen molar-refractivity contribution in [2.24, 2.45) is 0 Å². The third kappa shape index (κ3) is 1.68. The number of fused-ring (bicyclic) bond motifs is 1. The molecule has 3 nitrogen and oxygen atoms in total. The van der Waals surface area contributed by atoms with Gasteiger partial charge in [0.15, 0.2) is 6.19 Å². The third-order valence-corrected chi connectivity index (χ3v) is 2.64. The molecule has 1 aromatic rings. The van der Waals surface area contributed by atoms with Crippen LogP contribution >= 0.6 is 15.9 Å². The van der Waals surface area contributed by atoms with E-state index in [4.69, 9.17) is 10.00 Å². The molecule has 14 heavy (non-hydrogen) atoms. The van der Waals surface area contributed by atoms with Gasteiger partial charge in [-0.15, -0.1) is 0 Å². The Morgan fingerprint density at radius 2 is 2.43 bits per heavy atom. The largest absolute Gasteiger partial charge is 0.493 e. The summed E-state index contributed by atoms with van der Waals surface area (Å²) >= 11 is 3.44. The Bertz CT molecular complexity index is 398. The number of nitrogens with zero attached hydrogens (tertiary/aromatic N) is 1. The van der Waals surface area contributed by atoms with Gasteiger partial charge in [-0.1, -0.05) is 15.9 Å². The SMILES string of the molecule is N#CNCc1cc(Br)cc2c1OCC2. The minimum Gasteiger partial charge on any atom is -0.493 e. The van der Waals surface area contributed by atoms with Gasteiger partial charge in [0.05, 0.1) is 13.2 Å². The molecule has 0 atom stereocenters. The number of nitriles is 1. The summed E-state index contributed by atoms with van der Waals surface area (Å²) in [6.45, 7) is 1.27. The summed E-state index contributed by atoms with van der Waals surface area (Å²) in [6.07, 6.45) is 2.86. The summed E-state index contributed by atoms with van der Waals surface area (Å²) in [5.74, 6) is 0.941. The Morgan fingerprint density at radius 1 is 1.57 bits per heavy atom. The predicted octanol–water partition coefficient (Wildman–Crippen LogP) is 1.95. The summed E-state index contributed by atoms with van der Waals surface area (Å²) < 4.78 is 6.55. The summed E-state index contributed by atoms with van der Waals surface area (Å²) in [5.41, 5.74) is 2.25. The number of hydrogen-bond donors (Lipinski definition) is 1. The van der Waals surface area contributed by atoms with Crippen LogP contribution in [0.5, 0.6) is 5.75 Å². The molecule has 0 spiro atoms. The highest BCUT2D eigenvalue weighted by molar-refractivity contribution is 9.10. The van der Waals surface area contributed by atoms with E-state index in [0.29, 0.717) is 6.54 Å². The van der Waals surface area contributed by atoms with Crippen molar-refractivity contribution < 1.29 is 4.74 Å². The van der Waals surface area contributed by atoms with Gasteiger partial charge in [0.25, 0.3) is 0 Å². The van der Waals surface area contributed by atoms with Crippen molar-refractivity contribution in [3.05, 3.63) is 27.7 Å². The first-order chi connectivity index (χ1) is 6.81. The molecule has 4 heteroatoms. The lowest BCUT2D eigenvalue weighted by Crippen LogP contribution is -2.06. The number of hydrogen-bond acceptors (Lipinski definition) is 3. The van der Waals surface area contributed by atoms with Gasteiger partial charge in [0.2, 0.25) is 0 Å². The molecule has 0 bridgehead atoms. The molecule has 1 aliphatic rings. The minimum atomic E-state index is 0.526. The van der Waals surface area contributed by atoms with E-state index < -0.39 is 0 Å². The molecule has 1 aliphatic heterocycles. The average molecular weight is 253 g/mol. The Hall–Kier alpha value is -1.21. The summed E-state index contributed by atoms with van der Waals surface area (Å²) in [4.78, 5) is 0. The molecule has 0 aromatic heterocycles. The normalized spacial score (nSPS) is 12.9. The van der Waals surface area contributed by atoms with Crippen molar-refractivity contribution in [1.82, 2.24) is 5.32 Å². The molecule has 0 fully saturated rings. The first-order valence-corrected chi connectivity index (χ1v) is 5.16. The second-order valence-electron chi connectivity index (χ2n) is 3.12. The van der Waals surface area contributed by atoms with Gasteiger partial charge in [-0.25, -0.2) is 0 Å². The highest BCUT2D eigenvalue weighted by Crippen LogP contribution is 2.32. The lowest BCUT2D eigenvalue weighted by molar-refractivity contribution is 0.353. The number of halogens is 1. The Labute approximate surface area is 90.8 Å². The molecule has 0 unspecified atom stereocenters. The highest BCUT2D eigenvalue weighted by Gasteiger charge is 2.16. The third-order valence-electron chi connectivity index (χ3n) is 2.18. The van der Waals surface area contributed by atoms with Crippen molar-refractivity contribution in [3.8, 4) is 11.9 Å². The first kappa shape index (κ1) is 9.35. The van der Waals surface area contributed by atoms with E-state index in [1.54, 1.807) is 0 Å². The van der Waals surface area contributed by atoms with Gasteiger partial charge in [-0.3, -0.25) is 0 Å². The zero-order chi connectivity index (χ0) is 9.97. The number of nitrogens with one attached hydrogen (secondary N) is 1. The summed E-state index contributed by atoms with van der Waals surface area (Å²) in [7, 11) is 0. The van der Waals surface area contributed by atoms with Crippen LogP contribution in [0.4, 0.5) is 0 Å². The van der Waals surface area contributed by atoms with Crippen LogP contribution in [0.15, 0.2) is 16.6 Å². The molecule has 0 aliphatic carbocycles. The number of ether oxygens (including phenoxy) is 1. The van der Waals surface area contributed by atoms with Crippen molar-refractivity contribution in [2.75, 3.05) is 6.61 Å². The maximum absolute atomic E-state index is 8.43. The van der Waals surface area contributed by atoms with E-state index in [1.807, 2.05) is 12.3 Å². The Morgan fingerprint density at radius 3 is 3.21 bits per heavy atom. The lowest BCUT2D eigenvalue weighted by atomic mass is 10.1. The smallest absolute Gasteiger partial charge is 0.176 e. The van der Waals surface area contributed by atoms with Crippen molar-refractivity contribution in [1.29, 1.82) is 5.26 Å². The fraction of sp³-hybridized carbons (Fsp3) is 0.300. The zero-order valence-electron chi connectivity index (χ0n) is 7.51. The monoisotopic (exact) mass is 252 g/mol. The second-order valence-corrected chi connectivity index (χ2v) is 4.03. The fourth-order valence-corrected chi connectivity index (χ4v) is 2.16. The van der Waals surface area contributed by atoms with Gasteiger partial charge < -0.3 is 10.1 Å². The maximum atomic E-state index is 8.43. The molecule has 0 amide bonds. The minimum absolute atomic E-state index is 0.526. The van der Waals surface area contributed by atoms with Crippen LogP contribution in [-0.2, 0) is 13.0 Å². The molecular weight excluding hydrogens is 244 g/mol. The second kappa shape index (κ2) is 3.89. The maximum Gasteiger partial charge on any atom is 0.176 e. The topological polar surface area (TPSA) is 45.0 Å². The molecule has 2 rings (SSSR count). The van der Waals surface area contributed by atoms with Crippen molar-refractivity contribution in [2.45, 2.75) is 13.0 Å². The van der Waals surface area contributed by atoms with Crippen molar-refractivity contribution in [3.63, 3.8) is 0 Å². The predicted molar refractivity (Wildman–Crippen MR) is 55.8 cm³/mol. The van der Waals surface area contributed by atoms with E-state index in [1.165, 1.54) is 5.56 Å². The van der Waals surface area contributed by atoms with Crippen LogP contribution in [0.1, 0.15) is 11.1 Å². The molecule has 0 saturated carbocycles. The molecular formula is C10H9BrN2O. The average Bonchev–Trinajstić information content (AvgIpc) is 2.61. The Kier molecular flexibility index (Phi) is 2.60. The van der Waals surface area contributed by atoms with Gasteiger partial charge in [0.1, 0.15) is 5.75 Å². The standard InChI is InChI=1S/C10H9BrN2O/c11-9-3-7-1-2-14-10(7)8(4-9)5-13-6-12/h3-4,13H,1-2,5H2. The quantitative estimate of drug-likeness (QED) is 0.647. The van der Waals surface area contributed by atoms with Crippen LogP contribution in [0.2, 0.25) is 0 Å². The number of benzene rings is 1. The van der Waals surface area contributed by atoms with Crippen LogP contribution < -0.4 is 10.1 Å². The van der Waals surface area contributed by atoms with Crippen LogP contribution in [0.25, 0.3) is 0 Å². The van der Waals surface area contributed by atoms with Gasteiger partial charge >= 0.3 is 0 Å². The highest BCUT2D eigenvalue weighted by atomic mass is 79.9. The molecule has 1 aromatic carbocycles. The summed E-state index contributed by atoms with van der Waals surface area (Å²) in [5, 5.41) is 11.1. The molecule has 1 heterocycles. The molecule has 0 saturated heterocycles. The van der Waals surface area contributed by atoms with Crippen LogP contribution in [0.3, 0.4) is 0 Å². The molecule has 72 valence electrons. The van der Waals surface area contributed by atoms with Crippen LogP contribution in [-0.4, -0.2) is 6.61 Å². The number of rotatable bonds is 2. The van der Waals surface area contributed by atoms with Crippen LogP contribution in [0, 0.1) is 11.5 Å². The molecule has 0 radical (unpaired) electrons. The first-order valence-electron chi connectivity index (χ1n) is 4.37. The van der Waals surface area contributed by atoms with Gasteiger partial charge in [-0.05, 0) is 17.7 Å². The van der Waals surface area contributed by atoms with Crippen molar-refractivity contribution >= 4 is 15.9 Å². The van der Waals surface area contributed by atoms with E-state index in [9.17, 15) is 0 Å². The van der Waals surface area contributed by atoms with E-state index >= 15 is 0 Å². The summed E-state index contributed by atoms with van der Waals surface area (Å²) in [6, 6.07) is 4.05. The zero-order valence-corrected chi connectivity index (χ0v) is 9.10. The van der Waals surface area contributed by atoms with Gasteiger partial charge in [0, 0.05) is 16.5 Å². The molecule has 1 N–H and O–H groups in total. The lowest BCUT2D eigenvalue weighted by Gasteiger charge is -2.07. The van der Waals surface area contributed by atoms with E-state index in [-0.39, 0.29) is 0 Å². The van der Waals surface area contributed by atoms with E-state index in [2.05, 4.69) is 27.3 Å².